The van der Waals surface area contributed by atoms with Crippen molar-refractivity contribution in [2.45, 2.75) is 30.7 Å². The Bertz CT molecular complexity index is 625. The molecule has 1 heterocycles. The van der Waals surface area contributed by atoms with Gasteiger partial charge in [-0.3, -0.25) is 0 Å². The Morgan fingerprint density at radius 2 is 2.15 bits per heavy atom. The second-order valence-electron chi connectivity index (χ2n) is 4.86. The maximum absolute atomic E-state index is 12.5. The first-order valence-corrected chi connectivity index (χ1v) is 7.65. The Balaban J connectivity index is 0.00000200. The largest absolute Gasteiger partial charge is 0.327 e. The molecule has 7 heteroatoms. The molecule has 0 radical (unpaired) electrons. The van der Waals surface area contributed by atoms with Crippen LogP contribution in [0, 0.1) is 18.3 Å². The Morgan fingerprint density at radius 3 is 2.70 bits per heavy atom. The van der Waals surface area contributed by atoms with Gasteiger partial charge in [0.25, 0.3) is 0 Å². The molecule has 0 aromatic heterocycles. The van der Waals surface area contributed by atoms with Crippen molar-refractivity contribution in [1.29, 1.82) is 5.26 Å². The highest BCUT2D eigenvalue weighted by Crippen LogP contribution is 2.23. The van der Waals surface area contributed by atoms with Gasteiger partial charge in [-0.1, -0.05) is 0 Å². The van der Waals surface area contributed by atoms with Crippen LogP contribution in [0.5, 0.6) is 0 Å². The molecular formula is C13H18ClN3O2S. The van der Waals surface area contributed by atoms with Crippen molar-refractivity contribution in [3.63, 3.8) is 0 Å². The summed E-state index contributed by atoms with van der Waals surface area (Å²) in [5, 5.41) is 8.81. The van der Waals surface area contributed by atoms with Gasteiger partial charge in [-0.25, -0.2) is 8.42 Å². The van der Waals surface area contributed by atoms with E-state index in [1.54, 1.807) is 13.0 Å². The highest BCUT2D eigenvalue weighted by Gasteiger charge is 2.29. The number of hydrogen-bond donors (Lipinski definition) is 1. The van der Waals surface area contributed by atoms with Crippen LogP contribution in [0.1, 0.15) is 24.0 Å². The summed E-state index contributed by atoms with van der Waals surface area (Å²) in [4.78, 5) is 0.264. The number of aryl methyl sites for hydroxylation is 1. The molecule has 0 amide bonds. The maximum atomic E-state index is 12.5. The molecule has 1 aliphatic rings. The van der Waals surface area contributed by atoms with Gasteiger partial charge in [0.15, 0.2) is 0 Å². The van der Waals surface area contributed by atoms with Crippen LogP contribution in [0.4, 0.5) is 0 Å². The number of piperidine rings is 1. The fourth-order valence-electron chi connectivity index (χ4n) is 2.34. The van der Waals surface area contributed by atoms with Gasteiger partial charge in [0.05, 0.1) is 16.5 Å². The highest BCUT2D eigenvalue weighted by atomic mass is 35.5. The average Bonchev–Trinajstić information content (AvgIpc) is 2.38. The molecule has 1 aliphatic heterocycles. The zero-order valence-electron chi connectivity index (χ0n) is 11.2. The summed E-state index contributed by atoms with van der Waals surface area (Å²) < 4.78 is 26.5. The third kappa shape index (κ3) is 3.30. The number of hydrogen-bond acceptors (Lipinski definition) is 4. The number of benzene rings is 1. The minimum Gasteiger partial charge on any atom is -0.327 e. The molecule has 1 unspecified atom stereocenters. The van der Waals surface area contributed by atoms with Crippen LogP contribution in [0.25, 0.3) is 0 Å². The molecule has 0 aliphatic carbocycles. The lowest BCUT2D eigenvalue weighted by molar-refractivity contribution is 0.316. The van der Waals surface area contributed by atoms with Gasteiger partial charge in [0, 0.05) is 19.1 Å². The second-order valence-corrected chi connectivity index (χ2v) is 6.76. The molecule has 1 aromatic rings. The highest BCUT2D eigenvalue weighted by molar-refractivity contribution is 7.89. The van der Waals surface area contributed by atoms with Crippen LogP contribution in [-0.4, -0.2) is 31.9 Å². The van der Waals surface area contributed by atoms with Crippen LogP contribution < -0.4 is 5.73 Å². The van der Waals surface area contributed by atoms with E-state index in [2.05, 4.69) is 0 Å². The number of nitrogens with two attached hydrogens (primary N) is 1. The predicted molar refractivity (Wildman–Crippen MR) is 79.1 cm³/mol. The zero-order chi connectivity index (χ0) is 14.0. The summed E-state index contributed by atoms with van der Waals surface area (Å²) in [6.45, 7) is 2.58. The lowest BCUT2D eigenvalue weighted by Crippen LogP contribution is -2.45. The van der Waals surface area contributed by atoms with Gasteiger partial charge < -0.3 is 5.73 Å². The number of nitriles is 1. The Morgan fingerprint density at radius 1 is 1.45 bits per heavy atom. The maximum Gasteiger partial charge on any atom is 0.243 e. The van der Waals surface area contributed by atoms with Crippen LogP contribution in [0.15, 0.2) is 23.1 Å². The first kappa shape index (κ1) is 16.9. The average molecular weight is 316 g/mol. The lowest BCUT2D eigenvalue weighted by Gasteiger charge is -2.30. The smallest absolute Gasteiger partial charge is 0.243 e. The minimum absolute atomic E-state index is 0. The second kappa shape index (κ2) is 6.55. The van der Waals surface area contributed by atoms with Gasteiger partial charge in [-0.05, 0) is 43.5 Å². The van der Waals surface area contributed by atoms with Crippen molar-refractivity contribution < 1.29 is 8.42 Å². The standard InChI is InChI=1S/C13H17N3O2S.ClH/c1-10-7-11(8-14)4-5-13(10)19(17,18)16-6-2-3-12(15)9-16;/h4-5,7,12H,2-3,6,9,15H2,1H3;1H. The molecule has 0 saturated carbocycles. The van der Waals surface area contributed by atoms with E-state index in [-0.39, 0.29) is 23.3 Å². The summed E-state index contributed by atoms with van der Waals surface area (Å²) >= 11 is 0. The molecule has 1 atom stereocenters. The summed E-state index contributed by atoms with van der Waals surface area (Å²) in [6.07, 6.45) is 1.65. The number of sulfonamides is 1. The molecule has 0 spiro atoms. The predicted octanol–water partition coefficient (Wildman–Crippen LogP) is 1.40. The molecule has 0 bridgehead atoms. The summed E-state index contributed by atoms with van der Waals surface area (Å²) in [5.74, 6) is 0. The Hall–Kier alpha value is -1.13. The number of nitrogens with zero attached hydrogens (tertiary/aromatic N) is 2. The number of halogens is 1. The monoisotopic (exact) mass is 315 g/mol. The van der Waals surface area contributed by atoms with Gasteiger partial charge in [0.2, 0.25) is 10.0 Å². The van der Waals surface area contributed by atoms with Crippen molar-refractivity contribution >= 4 is 22.4 Å². The molecule has 110 valence electrons. The fraction of sp³-hybridized carbons (Fsp3) is 0.462. The Kier molecular flexibility index (Phi) is 5.54. The van der Waals surface area contributed by atoms with Crippen LogP contribution in [-0.2, 0) is 10.0 Å². The third-order valence-electron chi connectivity index (χ3n) is 3.34. The molecule has 1 fully saturated rings. The lowest BCUT2D eigenvalue weighted by atomic mass is 10.1. The SMILES string of the molecule is Cc1cc(C#N)ccc1S(=O)(=O)N1CCCC(N)C1.Cl. The fourth-order valence-corrected chi connectivity index (χ4v) is 4.08. The van der Waals surface area contributed by atoms with E-state index < -0.39 is 10.0 Å². The van der Waals surface area contributed by atoms with Crippen molar-refractivity contribution in [3.05, 3.63) is 29.3 Å². The van der Waals surface area contributed by atoms with Crippen LogP contribution in [0.3, 0.4) is 0 Å². The molecule has 2 N–H and O–H groups in total. The zero-order valence-corrected chi connectivity index (χ0v) is 12.9. The van der Waals surface area contributed by atoms with Gasteiger partial charge in [-0.15, -0.1) is 12.4 Å². The van der Waals surface area contributed by atoms with Crippen molar-refractivity contribution in [2.24, 2.45) is 5.73 Å². The van der Waals surface area contributed by atoms with E-state index in [1.807, 2.05) is 6.07 Å². The molecular weight excluding hydrogens is 298 g/mol. The van der Waals surface area contributed by atoms with Crippen molar-refractivity contribution in [1.82, 2.24) is 4.31 Å². The normalized spacial score (nSPS) is 19.9. The molecule has 20 heavy (non-hydrogen) atoms. The minimum atomic E-state index is -3.51. The van der Waals surface area contributed by atoms with Crippen molar-refractivity contribution in [2.75, 3.05) is 13.1 Å². The summed E-state index contributed by atoms with van der Waals surface area (Å²) in [7, 11) is -3.51. The van der Waals surface area contributed by atoms with Gasteiger partial charge in [-0.2, -0.15) is 9.57 Å². The Labute approximate surface area is 125 Å². The van der Waals surface area contributed by atoms with Crippen LogP contribution in [0.2, 0.25) is 0 Å². The van der Waals surface area contributed by atoms with Gasteiger partial charge in [0.1, 0.15) is 0 Å². The molecule has 1 saturated heterocycles. The van der Waals surface area contributed by atoms with E-state index in [1.165, 1.54) is 16.4 Å². The van der Waals surface area contributed by atoms with E-state index in [0.717, 1.165) is 12.8 Å². The van der Waals surface area contributed by atoms with E-state index in [9.17, 15) is 8.42 Å². The number of rotatable bonds is 2. The first-order chi connectivity index (χ1) is 8.95. The third-order valence-corrected chi connectivity index (χ3v) is 5.37. The van der Waals surface area contributed by atoms with E-state index >= 15 is 0 Å². The van der Waals surface area contributed by atoms with Gasteiger partial charge >= 0.3 is 0 Å². The first-order valence-electron chi connectivity index (χ1n) is 6.21. The topological polar surface area (TPSA) is 87.2 Å². The van der Waals surface area contributed by atoms with Crippen LogP contribution >= 0.6 is 12.4 Å². The van der Waals surface area contributed by atoms with Crippen molar-refractivity contribution in [3.8, 4) is 6.07 Å². The van der Waals surface area contributed by atoms with E-state index in [4.69, 9.17) is 11.0 Å². The molecule has 1 aromatic carbocycles. The summed E-state index contributed by atoms with van der Waals surface area (Å²) in [5.41, 5.74) is 6.89. The quantitative estimate of drug-likeness (QED) is 0.893. The summed E-state index contributed by atoms with van der Waals surface area (Å²) in [6, 6.07) is 6.54. The molecule has 2 rings (SSSR count). The molecule has 5 nitrogen and oxygen atoms in total. The van der Waals surface area contributed by atoms with E-state index in [0.29, 0.717) is 24.2 Å².